The van der Waals surface area contributed by atoms with E-state index in [1.54, 1.807) is 18.2 Å². The molecular weight excluding hydrogens is 288 g/mol. The maximum absolute atomic E-state index is 12.3. The molecule has 0 aliphatic heterocycles. The molecule has 0 fully saturated rings. The number of rotatable bonds is 4. The number of nitro benzene ring substituents is 1. The van der Waals surface area contributed by atoms with E-state index in [0.717, 1.165) is 10.5 Å². The summed E-state index contributed by atoms with van der Waals surface area (Å²) in [6.07, 6.45) is 1.85. The minimum Gasteiger partial charge on any atom is -0.322 e. The molecule has 0 atom stereocenters. The number of aryl methyl sites for hydroxylation is 1. The molecule has 6 heteroatoms. The van der Waals surface area contributed by atoms with Crippen LogP contribution in [0.3, 0.4) is 0 Å². The molecule has 0 aromatic heterocycles. The lowest BCUT2D eigenvalue weighted by Gasteiger charge is -2.09. The van der Waals surface area contributed by atoms with Crippen LogP contribution in [0.25, 0.3) is 0 Å². The van der Waals surface area contributed by atoms with Crippen molar-refractivity contribution in [2.24, 2.45) is 0 Å². The molecule has 0 heterocycles. The quantitative estimate of drug-likeness (QED) is 0.528. The Hall–Kier alpha value is -2.34. The van der Waals surface area contributed by atoms with Gasteiger partial charge in [-0.15, -0.1) is 11.8 Å². The van der Waals surface area contributed by atoms with Gasteiger partial charge in [0.1, 0.15) is 5.56 Å². The molecule has 0 spiro atoms. The zero-order valence-corrected chi connectivity index (χ0v) is 12.4. The summed E-state index contributed by atoms with van der Waals surface area (Å²) in [7, 11) is 0. The topological polar surface area (TPSA) is 72.2 Å². The maximum Gasteiger partial charge on any atom is 0.282 e. The normalized spacial score (nSPS) is 10.2. The number of carbonyl (C=O) groups excluding carboxylic acids is 1. The second-order valence-corrected chi connectivity index (χ2v) is 5.29. The Balaban J connectivity index is 2.38. The van der Waals surface area contributed by atoms with E-state index in [1.165, 1.54) is 23.9 Å². The molecule has 0 saturated carbocycles. The van der Waals surface area contributed by atoms with Crippen LogP contribution in [0.2, 0.25) is 0 Å². The summed E-state index contributed by atoms with van der Waals surface area (Å²) in [4.78, 5) is 23.7. The van der Waals surface area contributed by atoms with Crippen LogP contribution in [0.1, 0.15) is 15.9 Å². The first kappa shape index (κ1) is 15.1. The summed E-state index contributed by atoms with van der Waals surface area (Å²) in [5, 5.41) is 13.8. The molecule has 21 heavy (non-hydrogen) atoms. The molecule has 0 unspecified atom stereocenters. The molecule has 1 N–H and O–H groups in total. The number of amides is 1. The van der Waals surface area contributed by atoms with E-state index in [1.807, 2.05) is 25.3 Å². The van der Waals surface area contributed by atoms with Gasteiger partial charge in [0.2, 0.25) is 0 Å². The molecule has 0 aliphatic rings. The fraction of sp³-hybridized carbons (Fsp3) is 0.133. The van der Waals surface area contributed by atoms with E-state index in [4.69, 9.17) is 0 Å². The molecule has 0 aliphatic carbocycles. The number of nitrogens with one attached hydrogen (secondary N) is 1. The van der Waals surface area contributed by atoms with Crippen LogP contribution in [0.5, 0.6) is 0 Å². The average Bonchev–Trinajstić information content (AvgIpc) is 2.48. The largest absolute Gasteiger partial charge is 0.322 e. The fourth-order valence-electron chi connectivity index (χ4n) is 1.89. The SMILES string of the molecule is CSc1ccc([N+](=O)[O-])c(C(=O)Nc2ccccc2C)c1. The molecule has 2 rings (SSSR count). The maximum atomic E-state index is 12.3. The van der Waals surface area contributed by atoms with Crippen molar-refractivity contribution in [1.82, 2.24) is 0 Å². The monoisotopic (exact) mass is 302 g/mol. The van der Waals surface area contributed by atoms with Gasteiger partial charge in [0, 0.05) is 16.6 Å². The summed E-state index contributed by atoms with van der Waals surface area (Å²) < 4.78 is 0. The first-order valence-electron chi connectivity index (χ1n) is 6.22. The minimum absolute atomic E-state index is 0.0649. The first-order chi connectivity index (χ1) is 10.0. The van der Waals surface area contributed by atoms with Gasteiger partial charge >= 0.3 is 0 Å². The number of thioether (sulfide) groups is 1. The molecule has 108 valence electrons. The van der Waals surface area contributed by atoms with Gasteiger partial charge in [-0.1, -0.05) is 18.2 Å². The van der Waals surface area contributed by atoms with Gasteiger partial charge < -0.3 is 5.32 Å². The highest BCUT2D eigenvalue weighted by Crippen LogP contribution is 2.26. The number of carbonyl (C=O) groups is 1. The number of hydrogen-bond donors (Lipinski definition) is 1. The number of anilines is 1. The number of para-hydroxylation sites is 1. The van der Waals surface area contributed by atoms with Crippen molar-refractivity contribution in [3.63, 3.8) is 0 Å². The van der Waals surface area contributed by atoms with Crippen LogP contribution in [0, 0.1) is 17.0 Å². The Morgan fingerprint density at radius 3 is 2.57 bits per heavy atom. The highest BCUT2D eigenvalue weighted by Gasteiger charge is 2.21. The Labute approximate surface area is 126 Å². The third kappa shape index (κ3) is 3.41. The van der Waals surface area contributed by atoms with Crippen LogP contribution in [0.4, 0.5) is 11.4 Å². The van der Waals surface area contributed by atoms with E-state index < -0.39 is 10.8 Å². The van der Waals surface area contributed by atoms with Crippen LogP contribution in [0.15, 0.2) is 47.4 Å². The van der Waals surface area contributed by atoms with Crippen molar-refractivity contribution in [3.8, 4) is 0 Å². The van der Waals surface area contributed by atoms with Crippen LogP contribution in [-0.2, 0) is 0 Å². The summed E-state index contributed by atoms with van der Waals surface area (Å²) >= 11 is 1.43. The second-order valence-electron chi connectivity index (χ2n) is 4.41. The van der Waals surface area contributed by atoms with Gasteiger partial charge in [0.15, 0.2) is 0 Å². The van der Waals surface area contributed by atoms with Crippen LogP contribution >= 0.6 is 11.8 Å². The van der Waals surface area contributed by atoms with Gasteiger partial charge in [-0.25, -0.2) is 0 Å². The summed E-state index contributed by atoms with van der Waals surface area (Å²) in [6.45, 7) is 1.86. The predicted molar refractivity (Wildman–Crippen MR) is 84.0 cm³/mol. The smallest absolute Gasteiger partial charge is 0.282 e. The minimum atomic E-state index is -0.545. The van der Waals surface area contributed by atoms with Crippen molar-refractivity contribution in [2.45, 2.75) is 11.8 Å². The lowest BCUT2D eigenvalue weighted by atomic mass is 10.1. The Morgan fingerprint density at radius 2 is 1.95 bits per heavy atom. The molecule has 0 radical (unpaired) electrons. The molecule has 0 bridgehead atoms. The Bertz CT molecular complexity index is 701. The number of benzene rings is 2. The van der Waals surface area contributed by atoms with Crippen molar-refractivity contribution in [2.75, 3.05) is 11.6 Å². The van der Waals surface area contributed by atoms with E-state index in [0.29, 0.717) is 5.69 Å². The third-order valence-electron chi connectivity index (χ3n) is 3.04. The van der Waals surface area contributed by atoms with Gasteiger partial charge in [0.05, 0.1) is 4.92 Å². The lowest BCUT2D eigenvalue weighted by molar-refractivity contribution is -0.385. The van der Waals surface area contributed by atoms with E-state index in [9.17, 15) is 14.9 Å². The number of nitrogens with zero attached hydrogens (tertiary/aromatic N) is 1. The molecule has 2 aromatic carbocycles. The van der Waals surface area contributed by atoms with Crippen LogP contribution in [-0.4, -0.2) is 17.1 Å². The molecule has 5 nitrogen and oxygen atoms in total. The predicted octanol–water partition coefficient (Wildman–Crippen LogP) is 3.88. The standard InChI is InChI=1S/C15H14N2O3S/c1-10-5-3-4-6-13(10)16-15(18)12-9-11(21-2)7-8-14(12)17(19)20/h3-9H,1-2H3,(H,16,18). The van der Waals surface area contributed by atoms with E-state index in [2.05, 4.69) is 5.32 Å². The second kappa shape index (κ2) is 6.41. The number of hydrogen-bond acceptors (Lipinski definition) is 4. The summed E-state index contributed by atoms with van der Waals surface area (Å²) in [5.41, 5.74) is 1.41. The van der Waals surface area contributed by atoms with Crippen molar-refractivity contribution >= 4 is 29.0 Å². The lowest BCUT2D eigenvalue weighted by Crippen LogP contribution is -2.14. The summed E-state index contributed by atoms with van der Waals surface area (Å²) in [6, 6.07) is 11.8. The van der Waals surface area contributed by atoms with Crippen molar-refractivity contribution < 1.29 is 9.72 Å². The van der Waals surface area contributed by atoms with E-state index in [-0.39, 0.29) is 11.3 Å². The van der Waals surface area contributed by atoms with Crippen LogP contribution < -0.4 is 5.32 Å². The molecule has 0 saturated heterocycles. The van der Waals surface area contributed by atoms with Gasteiger partial charge in [-0.3, -0.25) is 14.9 Å². The molecular formula is C15H14N2O3S. The fourth-order valence-corrected chi connectivity index (χ4v) is 2.33. The van der Waals surface area contributed by atoms with Crippen molar-refractivity contribution in [3.05, 3.63) is 63.7 Å². The highest BCUT2D eigenvalue weighted by molar-refractivity contribution is 7.98. The zero-order valence-electron chi connectivity index (χ0n) is 11.6. The number of nitro groups is 1. The van der Waals surface area contributed by atoms with Gasteiger partial charge in [0.25, 0.3) is 11.6 Å². The van der Waals surface area contributed by atoms with Crippen molar-refractivity contribution in [1.29, 1.82) is 0 Å². The zero-order chi connectivity index (χ0) is 15.4. The molecule has 2 aromatic rings. The highest BCUT2D eigenvalue weighted by atomic mass is 32.2. The molecule has 1 amide bonds. The van der Waals surface area contributed by atoms with Gasteiger partial charge in [-0.05, 0) is 36.9 Å². The summed E-state index contributed by atoms with van der Waals surface area (Å²) in [5.74, 6) is -0.480. The third-order valence-corrected chi connectivity index (χ3v) is 3.76. The Morgan fingerprint density at radius 1 is 1.24 bits per heavy atom. The Kier molecular flexibility index (Phi) is 4.59. The van der Waals surface area contributed by atoms with E-state index >= 15 is 0 Å². The first-order valence-corrected chi connectivity index (χ1v) is 7.45. The average molecular weight is 302 g/mol. The van der Waals surface area contributed by atoms with Gasteiger partial charge in [-0.2, -0.15) is 0 Å².